The normalized spacial score (nSPS) is 13.1. The molecule has 1 aromatic heterocycles. The van der Waals surface area contributed by atoms with Gasteiger partial charge >= 0.3 is 6.03 Å². The number of rotatable bonds is 5. The molecule has 0 atom stereocenters. The molecule has 1 saturated heterocycles. The molecule has 158 valence electrons. The number of anilines is 2. The quantitative estimate of drug-likeness (QED) is 0.452. The molecule has 4 aromatic rings. The summed E-state index contributed by atoms with van der Waals surface area (Å²) in [5, 5.41) is 13.0. The molecule has 3 amide bonds. The molecule has 8 heteroatoms. The summed E-state index contributed by atoms with van der Waals surface area (Å²) in [5.74, 6) is 0.863. The Hall–Kier alpha value is -4.46. The van der Waals surface area contributed by atoms with Gasteiger partial charge in [-0.05, 0) is 30.3 Å². The highest BCUT2D eigenvalue weighted by atomic mass is 16.2. The molecule has 0 radical (unpaired) electrons. The molecule has 1 aliphatic rings. The highest BCUT2D eigenvalue weighted by molar-refractivity contribution is 6.07. The van der Waals surface area contributed by atoms with Crippen molar-refractivity contribution in [3.8, 4) is 22.8 Å². The minimum absolute atomic E-state index is 0.160. The molecular formula is C24H20N6O2. The van der Waals surface area contributed by atoms with Gasteiger partial charge in [-0.25, -0.2) is 9.78 Å². The predicted molar refractivity (Wildman–Crippen MR) is 122 cm³/mol. The number of hydrogen-bond acceptors (Lipinski definition) is 4. The number of nitrogens with zero attached hydrogens (tertiary/aromatic N) is 3. The maximum absolute atomic E-state index is 13.0. The van der Waals surface area contributed by atoms with Gasteiger partial charge in [0.05, 0.1) is 5.69 Å². The lowest BCUT2D eigenvalue weighted by Gasteiger charge is -2.15. The van der Waals surface area contributed by atoms with Crippen LogP contribution in [-0.4, -0.2) is 40.2 Å². The molecule has 32 heavy (non-hydrogen) atoms. The second-order valence-electron chi connectivity index (χ2n) is 7.31. The third-order valence-corrected chi connectivity index (χ3v) is 5.22. The lowest BCUT2D eigenvalue weighted by atomic mass is 10.1. The highest BCUT2D eigenvalue weighted by Gasteiger charge is 2.22. The Bertz CT molecular complexity index is 1280. The number of amides is 3. The van der Waals surface area contributed by atoms with Crippen molar-refractivity contribution < 1.29 is 9.59 Å². The molecule has 1 fully saturated rings. The predicted octanol–water partition coefficient (Wildman–Crippen LogP) is 3.92. The summed E-state index contributed by atoms with van der Waals surface area (Å²) in [6.45, 7) is 1.16. The van der Waals surface area contributed by atoms with E-state index < -0.39 is 0 Å². The van der Waals surface area contributed by atoms with Crippen LogP contribution in [0.3, 0.4) is 0 Å². The molecule has 0 aliphatic carbocycles. The maximum atomic E-state index is 13.0. The lowest BCUT2D eigenvalue weighted by molar-refractivity contribution is 0.102. The second-order valence-corrected chi connectivity index (χ2v) is 7.31. The van der Waals surface area contributed by atoms with Crippen LogP contribution in [0, 0.1) is 0 Å². The average molecular weight is 424 g/mol. The Morgan fingerprint density at radius 2 is 1.78 bits per heavy atom. The first-order chi connectivity index (χ1) is 15.7. The number of nitrogens with one attached hydrogen (secondary N) is 3. The van der Waals surface area contributed by atoms with Crippen LogP contribution < -0.4 is 15.5 Å². The van der Waals surface area contributed by atoms with Crippen molar-refractivity contribution in [2.24, 2.45) is 0 Å². The highest BCUT2D eigenvalue weighted by Crippen LogP contribution is 2.27. The molecule has 0 bridgehead atoms. The van der Waals surface area contributed by atoms with Gasteiger partial charge in [0.15, 0.2) is 11.6 Å². The first-order valence-corrected chi connectivity index (χ1v) is 10.2. The summed E-state index contributed by atoms with van der Waals surface area (Å²) in [4.78, 5) is 31.2. The third kappa shape index (κ3) is 3.81. The van der Waals surface area contributed by atoms with Crippen molar-refractivity contribution in [3.63, 3.8) is 0 Å². The fourth-order valence-corrected chi connectivity index (χ4v) is 3.62. The van der Waals surface area contributed by atoms with E-state index in [1.807, 2.05) is 60.7 Å². The van der Waals surface area contributed by atoms with Crippen molar-refractivity contribution in [3.05, 3.63) is 84.4 Å². The Labute approximate surface area is 184 Å². The number of para-hydroxylation sites is 1. The number of H-pyrrole nitrogens is 1. The van der Waals surface area contributed by atoms with E-state index in [0.717, 1.165) is 11.1 Å². The van der Waals surface area contributed by atoms with E-state index in [4.69, 9.17) is 0 Å². The fourth-order valence-electron chi connectivity index (χ4n) is 3.62. The van der Waals surface area contributed by atoms with Gasteiger partial charge in [0.1, 0.15) is 0 Å². The molecule has 0 spiro atoms. The molecule has 1 aliphatic heterocycles. The van der Waals surface area contributed by atoms with Crippen molar-refractivity contribution in [2.75, 3.05) is 23.3 Å². The summed E-state index contributed by atoms with van der Waals surface area (Å²) in [6, 6.07) is 23.9. The SMILES string of the molecule is O=C(Nc1ccccc1-c1nc(-c2ccccc2)n[nH]1)c1cccc(N2CCNC2=O)c1. The van der Waals surface area contributed by atoms with Gasteiger partial charge in [0.25, 0.3) is 5.91 Å². The Kier molecular flexibility index (Phi) is 5.09. The van der Waals surface area contributed by atoms with Gasteiger partial charge in [-0.3, -0.25) is 14.8 Å². The summed E-state index contributed by atoms with van der Waals surface area (Å²) in [5.41, 5.74) is 3.38. The van der Waals surface area contributed by atoms with Gasteiger partial charge in [-0.15, -0.1) is 0 Å². The molecule has 0 saturated carbocycles. The number of benzene rings is 3. The van der Waals surface area contributed by atoms with Gasteiger partial charge < -0.3 is 10.6 Å². The number of carbonyl (C=O) groups excluding carboxylic acids is 2. The monoisotopic (exact) mass is 424 g/mol. The Morgan fingerprint density at radius 1 is 0.969 bits per heavy atom. The third-order valence-electron chi connectivity index (χ3n) is 5.22. The first-order valence-electron chi connectivity index (χ1n) is 10.2. The lowest BCUT2D eigenvalue weighted by Crippen LogP contribution is -2.27. The van der Waals surface area contributed by atoms with Crippen LogP contribution in [0.5, 0.6) is 0 Å². The van der Waals surface area contributed by atoms with Crippen LogP contribution in [0.2, 0.25) is 0 Å². The first kappa shape index (κ1) is 19.5. The van der Waals surface area contributed by atoms with Gasteiger partial charge in [-0.1, -0.05) is 48.5 Å². The van der Waals surface area contributed by atoms with Crippen molar-refractivity contribution in [2.45, 2.75) is 0 Å². The molecular weight excluding hydrogens is 404 g/mol. The zero-order valence-electron chi connectivity index (χ0n) is 17.1. The Morgan fingerprint density at radius 3 is 2.59 bits per heavy atom. The van der Waals surface area contributed by atoms with Crippen molar-refractivity contribution >= 4 is 23.3 Å². The molecule has 5 rings (SSSR count). The van der Waals surface area contributed by atoms with Crippen LogP contribution in [0.25, 0.3) is 22.8 Å². The van der Waals surface area contributed by atoms with Gasteiger partial charge in [0, 0.05) is 35.5 Å². The Balaban J connectivity index is 1.40. The van der Waals surface area contributed by atoms with E-state index in [1.165, 1.54) is 0 Å². The number of carbonyl (C=O) groups is 2. The summed E-state index contributed by atoms with van der Waals surface area (Å²) < 4.78 is 0. The summed E-state index contributed by atoms with van der Waals surface area (Å²) in [7, 11) is 0. The van der Waals surface area contributed by atoms with E-state index in [9.17, 15) is 9.59 Å². The summed E-state index contributed by atoms with van der Waals surface area (Å²) in [6.07, 6.45) is 0. The van der Waals surface area contributed by atoms with E-state index in [0.29, 0.717) is 41.7 Å². The minimum Gasteiger partial charge on any atom is -0.336 e. The molecule has 3 aromatic carbocycles. The topological polar surface area (TPSA) is 103 Å². The van der Waals surface area contributed by atoms with Crippen LogP contribution in [0.1, 0.15) is 10.4 Å². The fraction of sp³-hybridized carbons (Fsp3) is 0.0833. The zero-order chi connectivity index (χ0) is 21.9. The minimum atomic E-state index is -0.276. The standard InChI is InChI=1S/C24H20N6O2/c31-23(17-9-6-10-18(15-17)30-14-13-25-24(30)32)26-20-12-5-4-11-19(20)22-27-21(28-29-22)16-7-2-1-3-8-16/h1-12,15H,13-14H2,(H,25,32)(H,26,31)(H,27,28,29). The van der Waals surface area contributed by atoms with Crippen molar-refractivity contribution in [1.29, 1.82) is 0 Å². The van der Waals surface area contributed by atoms with Gasteiger partial charge in [0.2, 0.25) is 0 Å². The van der Waals surface area contributed by atoms with Gasteiger partial charge in [-0.2, -0.15) is 5.10 Å². The largest absolute Gasteiger partial charge is 0.336 e. The van der Waals surface area contributed by atoms with E-state index in [1.54, 1.807) is 23.1 Å². The summed E-state index contributed by atoms with van der Waals surface area (Å²) >= 11 is 0. The van der Waals surface area contributed by atoms with Crippen LogP contribution >= 0.6 is 0 Å². The zero-order valence-corrected chi connectivity index (χ0v) is 17.1. The number of hydrogen-bond donors (Lipinski definition) is 3. The smallest absolute Gasteiger partial charge is 0.321 e. The maximum Gasteiger partial charge on any atom is 0.321 e. The molecule has 2 heterocycles. The molecule has 0 unspecified atom stereocenters. The van der Waals surface area contributed by atoms with Crippen molar-refractivity contribution in [1.82, 2.24) is 20.5 Å². The number of aromatic nitrogens is 3. The number of aromatic amines is 1. The number of urea groups is 1. The van der Waals surface area contributed by atoms with Crippen LogP contribution in [0.4, 0.5) is 16.2 Å². The molecule has 3 N–H and O–H groups in total. The van der Waals surface area contributed by atoms with E-state index in [2.05, 4.69) is 25.8 Å². The average Bonchev–Trinajstić information content (AvgIpc) is 3.49. The van der Waals surface area contributed by atoms with E-state index in [-0.39, 0.29) is 11.9 Å². The van der Waals surface area contributed by atoms with Crippen LogP contribution in [0.15, 0.2) is 78.9 Å². The molecule has 8 nitrogen and oxygen atoms in total. The van der Waals surface area contributed by atoms with Crippen LogP contribution in [-0.2, 0) is 0 Å². The van der Waals surface area contributed by atoms with E-state index >= 15 is 0 Å². The second kappa shape index (κ2) is 8.35.